The quantitative estimate of drug-likeness (QED) is 0.515. The lowest BCUT2D eigenvalue weighted by Gasteiger charge is -2.07. The second-order valence-corrected chi connectivity index (χ2v) is 6.14. The number of rotatable bonds is 4. The molecule has 2 aromatic rings. The number of hydrogen-bond acceptors (Lipinski definition) is 3. The molecule has 0 heterocycles. The summed E-state index contributed by atoms with van der Waals surface area (Å²) in [7, 11) is 0. The number of carbonyl (C=O) groups is 1. The Morgan fingerprint density at radius 1 is 1.10 bits per heavy atom. The van der Waals surface area contributed by atoms with Crippen molar-refractivity contribution in [1.82, 2.24) is 0 Å². The number of ketones is 1. The molecule has 0 aromatic heterocycles. The smallest absolute Gasteiger partial charge is 0.161 e. The number of anilines is 1. The van der Waals surface area contributed by atoms with Gasteiger partial charge in [0.2, 0.25) is 0 Å². The van der Waals surface area contributed by atoms with Gasteiger partial charge in [0.25, 0.3) is 0 Å². The number of aryl methyl sites for hydroxylation is 2. The number of hydrogen-bond donors (Lipinski definition) is 1. The Morgan fingerprint density at radius 3 is 2.35 bits per heavy atom. The molecule has 0 aliphatic heterocycles. The summed E-state index contributed by atoms with van der Waals surface area (Å²) >= 11 is 1.72. The van der Waals surface area contributed by atoms with Crippen LogP contribution in [0.4, 0.5) is 5.69 Å². The standard InChI is InChI=1S/C17H19NOS/c1-11-6-12(2)8-14(7-11)10-20-15-4-5-17(18)16(9-15)13(3)19/h4-9H,10,18H2,1-3H3. The molecule has 2 rings (SSSR count). The zero-order valence-corrected chi connectivity index (χ0v) is 12.9. The Balaban J connectivity index is 2.14. The van der Waals surface area contributed by atoms with E-state index in [1.165, 1.54) is 16.7 Å². The van der Waals surface area contributed by atoms with Crippen LogP contribution >= 0.6 is 11.8 Å². The maximum Gasteiger partial charge on any atom is 0.161 e. The van der Waals surface area contributed by atoms with Crippen molar-refractivity contribution in [2.24, 2.45) is 0 Å². The van der Waals surface area contributed by atoms with Crippen LogP contribution < -0.4 is 5.73 Å². The molecule has 0 saturated carbocycles. The molecule has 3 heteroatoms. The highest BCUT2D eigenvalue weighted by molar-refractivity contribution is 7.98. The summed E-state index contributed by atoms with van der Waals surface area (Å²) in [5, 5.41) is 0. The Kier molecular flexibility index (Phi) is 4.50. The average Bonchev–Trinajstić information content (AvgIpc) is 2.36. The molecule has 0 unspecified atom stereocenters. The Hall–Kier alpha value is -1.74. The van der Waals surface area contributed by atoms with Crippen molar-refractivity contribution in [3.8, 4) is 0 Å². The molecular weight excluding hydrogens is 266 g/mol. The molecule has 104 valence electrons. The predicted octanol–water partition coefficient (Wildman–Crippen LogP) is 4.38. The van der Waals surface area contributed by atoms with E-state index in [1.54, 1.807) is 24.8 Å². The van der Waals surface area contributed by atoms with Gasteiger partial charge in [0, 0.05) is 21.9 Å². The Bertz CT molecular complexity index is 629. The van der Waals surface area contributed by atoms with Crippen molar-refractivity contribution in [3.05, 3.63) is 58.7 Å². The van der Waals surface area contributed by atoms with Gasteiger partial charge in [-0.25, -0.2) is 0 Å². The second kappa shape index (κ2) is 6.14. The van der Waals surface area contributed by atoms with Crippen molar-refractivity contribution in [3.63, 3.8) is 0 Å². The first-order chi connectivity index (χ1) is 9.45. The third kappa shape index (κ3) is 3.64. The third-order valence-electron chi connectivity index (χ3n) is 3.09. The first kappa shape index (κ1) is 14.7. The van der Waals surface area contributed by atoms with Crippen LogP contribution in [0.2, 0.25) is 0 Å². The number of Topliss-reactive ketones (excluding diaryl/α,β-unsaturated/α-hetero) is 1. The van der Waals surface area contributed by atoms with Gasteiger partial charge in [-0.1, -0.05) is 29.3 Å². The third-order valence-corrected chi connectivity index (χ3v) is 4.16. The number of nitrogen functional groups attached to an aromatic ring is 1. The Morgan fingerprint density at radius 2 is 1.75 bits per heavy atom. The summed E-state index contributed by atoms with van der Waals surface area (Å²) in [6.45, 7) is 5.76. The fourth-order valence-corrected chi connectivity index (χ4v) is 3.11. The lowest BCUT2D eigenvalue weighted by Crippen LogP contribution is -1.99. The van der Waals surface area contributed by atoms with Crippen LogP contribution in [0.5, 0.6) is 0 Å². The summed E-state index contributed by atoms with van der Waals surface area (Å²) in [6, 6.07) is 12.2. The van der Waals surface area contributed by atoms with Gasteiger partial charge in [0.1, 0.15) is 0 Å². The minimum absolute atomic E-state index is 0.0105. The van der Waals surface area contributed by atoms with Crippen LogP contribution in [0.3, 0.4) is 0 Å². The van der Waals surface area contributed by atoms with Gasteiger partial charge in [-0.3, -0.25) is 4.79 Å². The minimum atomic E-state index is 0.0105. The van der Waals surface area contributed by atoms with E-state index in [2.05, 4.69) is 32.0 Å². The number of thioether (sulfide) groups is 1. The lowest BCUT2D eigenvalue weighted by atomic mass is 10.1. The molecule has 0 spiro atoms. The monoisotopic (exact) mass is 285 g/mol. The first-order valence-electron chi connectivity index (χ1n) is 6.56. The van der Waals surface area contributed by atoms with Crippen LogP contribution in [0.25, 0.3) is 0 Å². The summed E-state index contributed by atoms with van der Waals surface area (Å²) in [5.41, 5.74) is 10.8. The molecule has 2 aromatic carbocycles. The van der Waals surface area contributed by atoms with Crippen LogP contribution in [-0.4, -0.2) is 5.78 Å². The number of nitrogens with two attached hydrogens (primary N) is 1. The molecule has 0 aliphatic carbocycles. The molecule has 2 N–H and O–H groups in total. The van der Waals surface area contributed by atoms with Gasteiger partial charge in [0.15, 0.2) is 5.78 Å². The van der Waals surface area contributed by atoms with Gasteiger partial charge in [-0.15, -0.1) is 11.8 Å². The van der Waals surface area contributed by atoms with Gasteiger partial charge in [-0.2, -0.15) is 0 Å². The van der Waals surface area contributed by atoms with Crippen LogP contribution in [0.15, 0.2) is 41.3 Å². The van der Waals surface area contributed by atoms with Crippen LogP contribution in [0.1, 0.15) is 34.0 Å². The van der Waals surface area contributed by atoms with Gasteiger partial charge < -0.3 is 5.73 Å². The van der Waals surface area contributed by atoms with E-state index < -0.39 is 0 Å². The highest BCUT2D eigenvalue weighted by atomic mass is 32.2. The average molecular weight is 285 g/mol. The summed E-state index contributed by atoms with van der Waals surface area (Å²) in [4.78, 5) is 12.6. The SMILES string of the molecule is CC(=O)c1cc(SCc2cc(C)cc(C)c2)ccc1N. The van der Waals surface area contributed by atoms with Crippen LogP contribution in [-0.2, 0) is 5.75 Å². The normalized spacial score (nSPS) is 10.6. The maximum absolute atomic E-state index is 11.5. The van der Waals surface area contributed by atoms with Gasteiger partial charge in [0.05, 0.1) is 0 Å². The molecule has 0 aliphatic rings. The molecule has 0 amide bonds. The van der Waals surface area contributed by atoms with Crippen molar-refractivity contribution < 1.29 is 4.79 Å². The molecule has 20 heavy (non-hydrogen) atoms. The topological polar surface area (TPSA) is 43.1 Å². The lowest BCUT2D eigenvalue weighted by molar-refractivity contribution is 0.101. The molecule has 0 atom stereocenters. The molecule has 2 nitrogen and oxygen atoms in total. The largest absolute Gasteiger partial charge is 0.398 e. The van der Waals surface area contributed by atoms with Crippen molar-refractivity contribution in [2.45, 2.75) is 31.4 Å². The van der Waals surface area contributed by atoms with E-state index in [9.17, 15) is 4.79 Å². The first-order valence-corrected chi connectivity index (χ1v) is 7.54. The van der Waals surface area contributed by atoms with Crippen molar-refractivity contribution >= 4 is 23.2 Å². The van der Waals surface area contributed by atoms with Crippen LogP contribution in [0, 0.1) is 13.8 Å². The van der Waals surface area contributed by atoms with E-state index in [-0.39, 0.29) is 5.78 Å². The van der Waals surface area contributed by atoms with E-state index in [4.69, 9.17) is 5.73 Å². The molecular formula is C17H19NOS. The zero-order valence-electron chi connectivity index (χ0n) is 12.1. The van der Waals surface area contributed by atoms with Gasteiger partial charge in [-0.05, 0) is 44.5 Å². The second-order valence-electron chi connectivity index (χ2n) is 5.09. The molecule has 0 saturated heterocycles. The van der Waals surface area contributed by atoms with Crippen molar-refractivity contribution in [2.75, 3.05) is 5.73 Å². The highest BCUT2D eigenvalue weighted by Crippen LogP contribution is 2.27. The minimum Gasteiger partial charge on any atom is -0.398 e. The molecule has 0 radical (unpaired) electrons. The number of benzene rings is 2. The maximum atomic E-state index is 11.5. The molecule has 0 fully saturated rings. The highest BCUT2D eigenvalue weighted by Gasteiger charge is 2.06. The summed E-state index contributed by atoms with van der Waals surface area (Å²) in [5.74, 6) is 0.903. The summed E-state index contributed by atoms with van der Waals surface area (Å²) < 4.78 is 0. The molecule has 0 bridgehead atoms. The van der Waals surface area contributed by atoms with Gasteiger partial charge >= 0.3 is 0 Å². The summed E-state index contributed by atoms with van der Waals surface area (Å²) in [6.07, 6.45) is 0. The predicted molar refractivity (Wildman–Crippen MR) is 86.3 cm³/mol. The van der Waals surface area contributed by atoms with Crippen molar-refractivity contribution in [1.29, 1.82) is 0 Å². The Labute approximate surface area is 124 Å². The fraction of sp³-hybridized carbons (Fsp3) is 0.235. The van der Waals surface area contributed by atoms with E-state index in [0.29, 0.717) is 11.3 Å². The number of carbonyl (C=O) groups excluding carboxylic acids is 1. The fourth-order valence-electron chi connectivity index (χ4n) is 2.25. The van der Waals surface area contributed by atoms with E-state index in [0.717, 1.165) is 10.6 Å². The zero-order chi connectivity index (χ0) is 14.7. The van der Waals surface area contributed by atoms with E-state index in [1.807, 2.05) is 12.1 Å². The van der Waals surface area contributed by atoms with E-state index >= 15 is 0 Å².